The highest BCUT2D eigenvalue weighted by Crippen LogP contribution is 2.34. The molecular weight excluding hydrogens is 514 g/mol. The first-order valence-corrected chi connectivity index (χ1v) is 14.4. The summed E-state index contributed by atoms with van der Waals surface area (Å²) in [5.41, 5.74) is 4.35. The molecule has 3 aromatic carbocycles. The van der Waals surface area contributed by atoms with Crippen LogP contribution in [0.1, 0.15) is 42.4 Å². The first-order valence-electron chi connectivity index (χ1n) is 14.4. The van der Waals surface area contributed by atoms with Crippen molar-refractivity contribution in [2.45, 2.75) is 38.8 Å². The van der Waals surface area contributed by atoms with Gasteiger partial charge in [-0.3, -0.25) is 14.5 Å². The SMILES string of the molecule is Cc1cccc(NC(=O)N[C@@H]2N=C(c3ccccc3)c3ccccc3N(CC(=O)N3CC4CCC(CC4)C3)C2=O)c1. The third-order valence-electron chi connectivity index (χ3n) is 8.37. The van der Waals surface area contributed by atoms with Gasteiger partial charge >= 0.3 is 6.03 Å². The highest BCUT2D eigenvalue weighted by atomic mass is 16.2. The zero-order valence-electron chi connectivity index (χ0n) is 23.3. The standard InChI is InChI=1S/C33H35N5O3/c1-22-8-7-11-26(18-22)34-33(41)36-31-32(40)38(21-29(39)37-19-23-14-15-24(20-37)17-16-23)28-13-6-5-12-27(28)30(35-31)25-9-3-2-4-10-25/h2-13,18,23-24,31H,14-17,19-21H2,1H3,(H2,34,36,41)/t23?,24?,31-/m0/s1. The van der Waals surface area contributed by atoms with Crippen molar-refractivity contribution in [3.8, 4) is 0 Å². The van der Waals surface area contributed by atoms with Crippen molar-refractivity contribution < 1.29 is 14.4 Å². The number of aliphatic imine (C=N–C) groups is 1. The van der Waals surface area contributed by atoms with Crippen LogP contribution in [0.5, 0.6) is 0 Å². The van der Waals surface area contributed by atoms with Gasteiger partial charge in [-0.1, -0.05) is 60.7 Å². The van der Waals surface area contributed by atoms with Gasteiger partial charge in [0.2, 0.25) is 12.1 Å². The quantitative estimate of drug-likeness (QED) is 0.470. The number of nitrogens with zero attached hydrogens (tertiary/aromatic N) is 3. The lowest BCUT2D eigenvalue weighted by Gasteiger charge is -2.29. The summed E-state index contributed by atoms with van der Waals surface area (Å²) in [6.07, 6.45) is 3.43. The van der Waals surface area contributed by atoms with Crippen LogP contribution in [0, 0.1) is 18.8 Å². The summed E-state index contributed by atoms with van der Waals surface area (Å²) >= 11 is 0. The van der Waals surface area contributed by atoms with Crippen molar-refractivity contribution in [1.82, 2.24) is 10.2 Å². The van der Waals surface area contributed by atoms with E-state index in [1.807, 2.05) is 84.6 Å². The van der Waals surface area contributed by atoms with Crippen molar-refractivity contribution >= 4 is 34.9 Å². The van der Waals surface area contributed by atoms with Crippen LogP contribution in [0.4, 0.5) is 16.2 Å². The smallest absolute Gasteiger partial charge is 0.321 e. The van der Waals surface area contributed by atoms with Crippen molar-refractivity contribution in [3.05, 3.63) is 95.6 Å². The number of hydrogen-bond donors (Lipinski definition) is 2. The van der Waals surface area contributed by atoms with Crippen molar-refractivity contribution in [2.75, 3.05) is 29.9 Å². The molecule has 4 aliphatic rings. The van der Waals surface area contributed by atoms with Gasteiger partial charge in [0.25, 0.3) is 5.91 Å². The van der Waals surface area contributed by atoms with E-state index in [1.165, 1.54) is 4.90 Å². The second kappa shape index (κ2) is 11.6. The van der Waals surface area contributed by atoms with Crippen LogP contribution in [-0.2, 0) is 9.59 Å². The summed E-state index contributed by atoms with van der Waals surface area (Å²) in [4.78, 5) is 49.3. The summed E-state index contributed by atoms with van der Waals surface area (Å²) in [7, 11) is 0. The monoisotopic (exact) mass is 549 g/mol. The van der Waals surface area contributed by atoms with E-state index in [4.69, 9.17) is 4.99 Å². The highest BCUT2D eigenvalue weighted by molar-refractivity contribution is 6.21. The van der Waals surface area contributed by atoms with Gasteiger partial charge in [0.15, 0.2) is 0 Å². The van der Waals surface area contributed by atoms with E-state index < -0.39 is 18.1 Å². The van der Waals surface area contributed by atoms with Gasteiger partial charge < -0.3 is 15.5 Å². The summed E-state index contributed by atoms with van der Waals surface area (Å²) in [5.74, 6) is 0.530. The number of carbonyl (C=O) groups is 3. The number of amides is 4. The highest BCUT2D eigenvalue weighted by Gasteiger charge is 2.37. The molecule has 3 heterocycles. The molecule has 2 N–H and O–H groups in total. The van der Waals surface area contributed by atoms with Crippen LogP contribution in [0.2, 0.25) is 0 Å². The minimum atomic E-state index is -1.23. The number of rotatable bonds is 5. The minimum absolute atomic E-state index is 0.0712. The Morgan fingerprint density at radius 1 is 0.878 bits per heavy atom. The Bertz CT molecular complexity index is 1460. The molecule has 1 atom stereocenters. The number of anilines is 2. The molecule has 7 rings (SSSR count). The Kier molecular flexibility index (Phi) is 7.55. The molecule has 0 aromatic heterocycles. The fraction of sp³-hybridized carbons (Fsp3) is 0.333. The van der Waals surface area contributed by atoms with E-state index in [9.17, 15) is 14.4 Å². The number of carbonyl (C=O) groups excluding carboxylic acids is 3. The average molecular weight is 550 g/mol. The van der Waals surface area contributed by atoms with E-state index in [2.05, 4.69) is 10.6 Å². The molecule has 1 aliphatic carbocycles. The van der Waals surface area contributed by atoms with E-state index >= 15 is 0 Å². The normalized spacial score (nSPS) is 21.8. The molecule has 3 aliphatic heterocycles. The first kappa shape index (κ1) is 26.7. The number of benzene rings is 3. The lowest BCUT2D eigenvalue weighted by molar-refractivity contribution is -0.132. The zero-order chi connectivity index (χ0) is 28.3. The molecule has 4 amide bonds. The maximum Gasteiger partial charge on any atom is 0.321 e. The molecular formula is C33H35N5O3. The van der Waals surface area contributed by atoms with E-state index in [-0.39, 0.29) is 12.5 Å². The summed E-state index contributed by atoms with van der Waals surface area (Å²) in [5, 5.41) is 5.59. The van der Waals surface area contributed by atoms with Crippen LogP contribution >= 0.6 is 0 Å². The van der Waals surface area contributed by atoms with E-state index in [1.54, 1.807) is 6.07 Å². The number of hydrogen-bond acceptors (Lipinski definition) is 4. The Morgan fingerprint density at radius 3 is 2.27 bits per heavy atom. The molecule has 3 fully saturated rings. The molecule has 0 radical (unpaired) electrons. The number of aryl methyl sites for hydroxylation is 1. The largest absolute Gasteiger partial charge is 0.341 e. The van der Waals surface area contributed by atoms with Gasteiger partial charge in [-0.2, -0.15) is 0 Å². The fourth-order valence-electron chi connectivity index (χ4n) is 6.26. The molecule has 3 aromatic rings. The second-order valence-corrected chi connectivity index (χ2v) is 11.3. The molecule has 2 bridgehead atoms. The molecule has 0 unspecified atom stereocenters. The molecule has 41 heavy (non-hydrogen) atoms. The number of para-hydroxylation sites is 1. The van der Waals surface area contributed by atoms with Gasteiger partial charge in [-0.15, -0.1) is 0 Å². The van der Waals surface area contributed by atoms with Crippen LogP contribution < -0.4 is 15.5 Å². The average Bonchev–Trinajstić information content (AvgIpc) is 3.37. The zero-order valence-corrected chi connectivity index (χ0v) is 23.3. The minimum Gasteiger partial charge on any atom is -0.341 e. The van der Waals surface area contributed by atoms with Crippen molar-refractivity contribution in [1.29, 1.82) is 0 Å². The predicted molar refractivity (Wildman–Crippen MR) is 160 cm³/mol. The maximum atomic E-state index is 14.2. The Morgan fingerprint density at radius 2 is 1.56 bits per heavy atom. The number of fused-ring (bicyclic) bond motifs is 5. The summed E-state index contributed by atoms with van der Waals surface area (Å²) < 4.78 is 0. The Balaban J connectivity index is 1.33. The fourth-order valence-corrected chi connectivity index (χ4v) is 6.26. The first-order chi connectivity index (χ1) is 19.9. The number of urea groups is 1. The summed E-state index contributed by atoms with van der Waals surface area (Å²) in [6.45, 7) is 3.32. The number of benzodiazepines with no additional fused rings is 1. The van der Waals surface area contributed by atoms with Gasteiger partial charge in [0, 0.05) is 29.9 Å². The topological polar surface area (TPSA) is 94.1 Å². The van der Waals surface area contributed by atoms with Crippen LogP contribution in [0.15, 0.2) is 83.9 Å². The Labute approximate surface area is 240 Å². The van der Waals surface area contributed by atoms with Gasteiger partial charge in [0.1, 0.15) is 6.54 Å². The molecule has 0 spiro atoms. The Hall–Kier alpha value is -4.46. The molecule has 1 saturated carbocycles. The van der Waals surface area contributed by atoms with Crippen LogP contribution in [0.3, 0.4) is 0 Å². The van der Waals surface area contributed by atoms with Gasteiger partial charge in [0.05, 0.1) is 11.4 Å². The molecule has 8 heteroatoms. The van der Waals surface area contributed by atoms with Gasteiger partial charge in [-0.25, -0.2) is 9.79 Å². The molecule has 8 nitrogen and oxygen atoms in total. The predicted octanol–water partition coefficient (Wildman–Crippen LogP) is 4.98. The number of nitrogens with one attached hydrogen (secondary N) is 2. The second-order valence-electron chi connectivity index (χ2n) is 11.3. The lowest BCUT2D eigenvalue weighted by Crippen LogP contribution is -2.51. The van der Waals surface area contributed by atoms with E-state index in [0.29, 0.717) is 28.9 Å². The maximum absolute atomic E-state index is 14.2. The van der Waals surface area contributed by atoms with E-state index in [0.717, 1.165) is 55.5 Å². The lowest BCUT2D eigenvalue weighted by atomic mass is 9.84. The van der Waals surface area contributed by atoms with Crippen LogP contribution in [0.25, 0.3) is 0 Å². The third kappa shape index (κ3) is 5.87. The molecule has 2 saturated heterocycles. The molecule has 210 valence electrons. The van der Waals surface area contributed by atoms with Crippen molar-refractivity contribution in [2.24, 2.45) is 16.8 Å². The van der Waals surface area contributed by atoms with Crippen molar-refractivity contribution in [3.63, 3.8) is 0 Å². The van der Waals surface area contributed by atoms with Gasteiger partial charge in [-0.05, 0) is 68.2 Å². The third-order valence-corrected chi connectivity index (χ3v) is 8.37. The summed E-state index contributed by atoms with van der Waals surface area (Å²) in [6, 6.07) is 24.0. The van der Waals surface area contributed by atoms with Crippen LogP contribution in [-0.4, -0.2) is 54.3 Å².